The summed E-state index contributed by atoms with van der Waals surface area (Å²) in [6.45, 7) is 1.07. The van der Waals surface area contributed by atoms with Crippen LogP contribution in [-0.4, -0.2) is 42.8 Å². The van der Waals surface area contributed by atoms with Crippen molar-refractivity contribution < 1.29 is 9.47 Å². The average Bonchev–Trinajstić information content (AvgIpc) is 3.37. The molecule has 3 atom stereocenters. The van der Waals surface area contributed by atoms with Gasteiger partial charge in [-0.1, -0.05) is 29.3 Å². The summed E-state index contributed by atoms with van der Waals surface area (Å²) in [6, 6.07) is 8.50. The highest BCUT2D eigenvalue weighted by atomic mass is 35.5. The fourth-order valence-corrected chi connectivity index (χ4v) is 4.96. The van der Waals surface area contributed by atoms with E-state index in [1.165, 1.54) is 6.42 Å². The van der Waals surface area contributed by atoms with Gasteiger partial charge >= 0.3 is 0 Å². The Morgan fingerprint density at radius 2 is 1.86 bits per heavy atom. The van der Waals surface area contributed by atoms with Gasteiger partial charge in [0, 0.05) is 41.8 Å². The van der Waals surface area contributed by atoms with E-state index in [0.717, 1.165) is 23.0 Å². The Kier molecular flexibility index (Phi) is 4.65. The zero-order valence-corrected chi connectivity index (χ0v) is 17.5. The van der Waals surface area contributed by atoms with Crippen LogP contribution in [0.1, 0.15) is 6.42 Å². The van der Waals surface area contributed by atoms with Gasteiger partial charge in [0.15, 0.2) is 0 Å². The Labute approximate surface area is 178 Å². The average molecular weight is 431 g/mol. The van der Waals surface area contributed by atoms with Crippen LogP contribution in [0.25, 0.3) is 22.0 Å². The molecule has 6 rings (SSSR count). The van der Waals surface area contributed by atoms with Crippen LogP contribution in [0.2, 0.25) is 10.0 Å². The summed E-state index contributed by atoms with van der Waals surface area (Å²) in [6.07, 6.45) is 3.06. The minimum Gasteiger partial charge on any atom is -0.495 e. The Morgan fingerprint density at radius 1 is 1.10 bits per heavy atom. The van der Waals surface area contributed by atoms with Crippen molar-refractivity contribution >= 4 is 40.1 Å². The summed E-state index contributed by atoms with van der Waals surface area (Å²) in [5.41, 5.74) is 2.36. The number of fused-ring (bicyclic) bond motifs is 2. The maximum Gasteiger partial charge on any atom is 0.223 e. The lowest BCUT2D eigenvalue weighted by Crippen LogP contribution is -2.47. The zero-order valence-electron chi connectivity index (χ0n) is 16.0. The molecule has 2 aliphatic heterocycles. The molecule has 1 saturated carbocycles. The fraction of sp³-hybridized carbons (Fsp3) is 0.333. The second-order valence-electron chi connectivity index (χ2n) is 7.43. The molecule has 0 unspecified atom stereocenters. The monoisotopic (exact) mass is 430 g/mol. The van der Waals surface area contributed by atoms with Gasteiger partial charge in [0.05, 0.1) is 29.8 Å². The Bertz CT molecular complexity index is 1070. The predicted octanol–water partition coefficient (Wildman–Crippen LogP) is 4.39. The fourth-order valence-electron chi connectivity index (χ4n) is 4.24. The van der Waals surface area contributed by atoms with Crippen molar-refractivity contribution in [2.75, 3.05) is 26.1 Å². The van der Waals surface area contributed by atoms with E-state index < -0.39 is 0 Å². The summed E-state index contributed by atoms with van der Waals surface area (Å²) in [5.74, 6) is 2.34. The lowest BCUT2D eigenvalue weighted by molar-refractivity contribution is 0.325. The molecule has 29 heavy (non-hydrogen) atoms. The van der Waals surface area contributed by atoms with E-state index >= 15 is 0 Å². The molecule has 0 amide bonds. The van der Waals surface area contributed by atoms with Gasteiger partial charge < -0.3 is 20.1 Å². The molecule has 3 fully saturated rings. The summed E-state index contributed by atoms with van der Waals surface area (Å²) in [4.78, 5) is 9.18. The van der Waals surface area contributed by atoms with E-state index in [1.54, 1.807) is 20.3 Å². The molecule has 2 N–H and O–H groups in total. The van der Waals surface area contributed by atoms with Gasteiger partial charge in [0.25, 0.3) is 0 Å². The molecule has 6 nitrogen and oxygen atoms in total. The van der Waals surface area contributed by atoms with Crippen molar-refractivity contribution in [3.8, 4) is 22.6 Å². The van der Waals surface area contributed by atoms with Gasteiger partial charge in [0.1, 0.15) is 11.5 Å². The van der Waals surface area contributed by atoms with E-state index in [-0.39, 0.29) is 0 Å². The summed E-state index contributed by atoms with van der Waals surface area (Å²) >= 11 is 13.1. The number of hydrogen-bond donors (Lipinski definition) is 2. The standard InChI is InChI=1S/C21H20Cl2N4O2/c1-28-15-7-16(29-2)19(23)17(18(15)22)10-3-4-13-11(5-10)8-25-21(26-13)27-20-12-6-14(20)24-9-12/h3-5,7-8,12,14,20,24H,6,9H2,1-2H3,(H,25,26,27)/t12-,14-,20+/m0/s1. The quantitative estimate of drug-likeness (QED) is 0.625. The summed E-state index contributed by atoms with van der Waals surface area (Å²) < 4.78 is 10.7. The molecule has 3 aromatic rings. The summed E-state index contributed by atoms with van der Waals surface area (Å²) in [7, 11) is 3.12. The second kappa shape index (κ2) is 7.20. The first-order valence-electron chi connectivity index (χ1n) is 9.46. The normalized spacial score (nSPS) is 22.4. The van der Waals surface area contributed by atoms with E-state index in [2.05, 4.69) is 20.6 Å². The van der Waals surface area contributed by atoms with Crippen molar-refractivity contribution in [2.45, 2.75) is 18.5 Å². The number of benzene rings is 2. The molecule has 1 aliphatic carbocycles. The first-order chi connectivity index (χ1) is 14.1. The van der Waals surface area contributed by atoms with Crippen molar-refractivity contribution in [3.05, 3.63) is 40.5 Å². The number of rotatable bonds is 5. The molecule has 2 saturated heterocycles. The molecule has 1 aromatic heterocycles. The van der Waals surface area contributed by atoms with Crippen LogP contribution in [0.5, 0.6) is 11.5 Å². The van der Waals surface area contributed by atoms with Crippen LogP contribution >= 0.6 is 23.2 Å². The number of methoxy groups -OCH3 is 2. The molecule has 3 heterocycles. The largest absolute Gasteiger partial charge is 0.495 e. The van der Waals surface area contributed by atoms with Crippen molar-refractivity contribution in [2.24, 2.45) is 5.92 Å². The molecule has 0 spiro atoms. The van der Waals surface area contributed by atoms with Gasteiger partial charge in [-0.25, -0.2) is 9.97 Å². The van der Waals surface area contributed by atoms with Crippen molar-refractivity contribution in [1.29, 1.82) is 0 Å². The molecular weight excluding hydrogens is 411 g/mol. The highest BCUT2D eigenvalue weighted by Gasteiger charge is 2.46. The van der Waals surface area contributed by atoms with Gasteiger partial charge in [0.2, 0.25) is 5.95 Å². The molecule has 3 aliphatic rings. The predicted molar refractivity (Wildman–Crippen MR) is 115 cm³/mol. The number of anilines is 1. The first-order valence-corrected chi connectivity index (χ1v) is 10.2. The van der Waals surface area contributed by atoms with E-state index in [4.69, 9.17) is 32.7 Å². The number of aromatic nitrogens is 2. The minimum absolute atomic E-state index is 0.425. The third-order valence-electron chi connectivity index (χ3n) is 5.88. The van der Waals surface area contributed by atoms with Gasteiger partial charge in [-0.05, 0) is 30.0 Å². The number of halogens is 2. The third kappa shape index (κ3) is 3.06. The smallest absolute Gasteiger partial charge is 0.223 e. The summed E-state index contributed by atoms with van der Waals surface area (Å²) in [5, 5.41) is 8.73. The highest BCUT2D eigenvalue weighted by Crippen LogP contribution is 2.46. The third-order valence-corrected chi connectivity index (χ3v) is 6.63. The Morgan fingerprint density at radius 3 is 2.48 bits per heavy atom. The van der Waals surface area contributed by atoms with Crippen molar-refractivity contribution in [3.63, 3.8) is 0 Å². The molecule has 0 radical (unpaired) electrons. The second-order valence-corrected chi connectivity index (χ2v) is 8.19. The molecule has 8 heteroatoms. The van der Waals surface area contributed by atoms with E-state index in [0.29, 0.717) is 51.1 Å². The van der Waals surface area contributed by atoms with Gasteiger partial charge in [-0.3, -0.25) is 0 Å². The van der Waals surface area contributed by atoms with Crippen LogP contribution in [0.4, 0.5) is 5.95 Å². The van der Waals surface area contributed by atoms with Crippen molar-refractivity contribution in [1.82, 2.24) is 15.3 Å². The van der Waals surface area contributed by atoms with Crippen LogP contribution in [0.3, 0.4) is 0 Å². The zero-order chi connectivity index (χ0) is 20.1. The lowest BCUT2D eigenvalue weighted by atomic mass is 9.80. The van der Waals surface area contributed by atoms with E-state index in [1.807, 2.05) is 24.4 Å². The Hall–Kier alpha value is -2.28. The molecule has 2 aromatic carbocycles. The van der Waals surface area contributed by atoms with Crippen LogP contribution in [-0.2, 0) is 0 Å². The van der Waals surface area contributed by atoms with Crippen LogP contribution in [0.15, 0.2) is 30.5 Å². The maximum atomic E-state index is 6.55. The molecular formula is C21H20Cl2N4O2. The maximum absolute atomic E-state index is 6.55. The van der Waals surface area contributed by atoms with Gasteiger partial charge in [-0.2, -0.15) is 0 Å². The SMILES string of the molecule is COc1cc(OC)c(Cl)c(-c2ccc3nc(N[C@@H]4[C@@H]5CN[C@H]4C5)ncc3c2)c1Cl. The number of nitrogens with zero attached hydrogens (tertiary/aromatic N) is 2. The Balaban J connectivity index is 1.51. The number of hydrogen-bond acceptors (Lipinski definition) is 6. The lowest BCUT2D eigenvalue weighted by Gasteiger charge is -2.34. The number of nitrogens with one attached hydrogen (secondary N) is 2. The molecule has 2 bridgehead atoms. The van der Waals surface area contributed by atoms with E-state index in [9.17, 15) is 0 Å². The topological polar surface area (TPSA) is 68.3 Å². The minimum atomic E-state index is 0.425. The number of ether oxygens (including phenoxy) is 2. The molecule has 150 valence electrons. The van der Waals surface area contributed by atoms with Crippen LogP contribution in [0, 0.1) is 5.92 Å². The van der Waals surface area contributed by atoms with Crippen LogP contribution < -0.4 is 20.1 Å². The highest BCUT2D eigenvalue weighted by molar-refractivity contribution is 6.41. The van der Waals surface area contributed by atoms with Gasteiger partial charge in [-0.15, -0.1) is 0 Å². The first kappa shape index (κ1) is 18.7.